The molecular weight excluding hydrogens is 350 g/mol. The summed E-state index contributed by atoms with van der Waals surface area (Å²) in [6.07, 6.45) is 2.01. The third kappa shape index (κ3) is 3.32. The number of hydrogen-bond acceptors (Lipinski definition) is 5. The largest absolute Gasteiger partial charge is 0.378 e. The second-order valence-electron chi connectivity index (χ2n) is 6.13. The summed E-state index contributed by atoms with van der Waals surface area (Å²) in [7, 11) is 0. The molecule has 1 saturated heterocycles. The van der Waals surface area contributed by atoms with E-state index < -0.39 is 0 Å². The number of fused-ring (bicyclic) bond motifs is 2. The lowest BCUT2D eigenvalue weighted by Gasteiger charge is -2.28. The molecule has 0 atom stereocenters. The first-order valence-corrected chi connectivity index (χ1v) is 9.45. The van der Waals surface area contributed by atoms with Gasteiger partial charge < -0.3 is 14.5 Å². The van der Waals surface area contributed by atoms with Gasteiger partial charge in [0.1, 0.15) is 5.03 Å². The van der Waals surface area contributed by atoms with Gasteiger partial charge in [0.25, 0.3) is 5.91 Å². The summed E-state index contributed by atoms with van der Waals surface area (Å²) in [6.45, 7) is 2.71. The van der Waals surface area contributed by atoms with Crippen LogP contribution in [0.4, 0.5) is 5.69 Å². The highest BCUT2D eigenvalue weighted by molar-refractivity contribution is 7.99. The molecule has 3 heterocycles. The lowest BCUT2D eigenvalue weighted by molar-refractivity contribution is -0.135. The molecule has 0 spiro atoms. The molecule has 0 N–H and O–H groups in total. The molecular formula is C19H19N3O3S. The minimum atomic E-state index is -0.0883. The van der Waals surface area contributed by atoms with E-state index in [1.165, 1.54) is 11.8 Å². The molecule has 1 aromatic carbocycles. The van der Waals surface area contributed by atoms with Crippen LogP contribution in [0.5, 0.6) is 0 Å². The van der Waals surface area contributed by atoms with Gasteiger partial charge in [-0.25, -0.2) is 4.98 Å². The van der Waals surface area contributed by atoms with Crippen molar-refractivity contribution in [2.75, 3.05) is 37.7 Å². The molecule has 0 saturated carbocycles. The average Bonchev–Trinajstić information content (AvgIpc) is 2.81. The van der Waals surface area contributed by atoms with Gasteiger partial charge in [-0.3, -0.25) is 9.59 Å². The summed E-state index contributed by atoms with van der Waals surface area (Å²) in [5.41, 5.74) is 1.41. The Morgan fingerprint density at radius 2 is 1.96 bits per heavy atom. The first-order valence-electron chi connectivity index (χ1n) is 8.63. The van der Waals surface area contributed by atoms with Gasteiger partial charge in [0.15, 0.2) is 0 Å². The van der Waals surface area contributed by atoms with Gasteiger partial charge in [0.05, 0.1) is 24.5 Å². The molecule has 0 aliphatic carbocycles. The topological polar surface area (TPSA) is 62.7 Å². The van der Waals surface area contributed by atoms with Crippen LogP contribution in [0.25, 0.3) is 0 Å². The smallest absolute Gasteiger partial charge is 0.259 e. The van der Waals surface area contributed by atoms with Crippen molar-refractivity contribution in [1.82, 2.24) is 9.88 Å². The summed E-state index contributed by atoms with van der Waals surface area (Å²) in [5, 5.41) is 0.782. The number of benzene rings is 1. The zero-order valence-electron chi connectivity index (χ0n) is 14.3. The standard InChI is InChI=1S/C19H19N3O3S/c23-17(21-10-12-25-13-11-21)7-9-22-15-5-3-8-20-18(15)26-16-6-2-1-4-14(16)19(22)24/h1-6,8H,7,9-13H2. The van der Waals surface area contributed by atoms with Crippen molar-refractivity contribution in [2.24, 2.45) is 0 Å². The van der Waals surface area contributed by atoms with E-state index >= 15 is 0 Å². The Morgan fingerprint density at radius 3 is 2.81 bits per heavy atom. The van der Waals surface area contributed by atoms with Crippen LogP contribution in [0.3, 0.4) is 0 Å². The Balaban J connectivity index is 1.59. The molecule has 4 rings (SSSR count). The molecule has 6 nitrogen and oxygen atoms in total. The summed E-state index contributed by atoms with van der Waals surface area (Å²) < 4.78 is 5.29. The second kappa shape index (κ2) is 7.47. The fourth-order valence-electron chi connectivity index (χ4n) is 3.16. The molecule has 0 unspecified atom stereocenters. The summed E-state index contributed by atoms with van der Waals surface area (Å²) in [6, 6.07) is 11.2. The first kappa shape index (κ1) is 17.1. The third-order valence-corrected chi connectivity index (χ3v) is 5.61. The van der Waals surface area contributed by atoms with Gasteiger partial charge in [-0.2, -0.15) is 0 Å². The molecule has 7 heteroatoms. The van der Waals surface area contributed by atoms with Crippen LogP contribution < -0.4 is 4.90 Å². The number of ether oxygens (including phenoxy) is 1. The molecule has 0 radical (unpaired) electrons. The van der Waals surface area contributed by atoms with Crippen molar-refractivity contribution in [3.05, 3.63) is 48.2 Å². The SMILES string of the molecule is O=C(CCN1C(=O)c2ccccc2Sc2ncccc21)N1CCOCC1. The number of pyridine rings is 1. The van der Waals surface area contributed by atoms with Crippen molar-refractivity contribution in [3.8, 4) is 0 Å². The van der Waals surface area contributed by atoms with E-state index in [1.54, 1.807) is 16.0 Å². The number of morpholine rings is 1. The number of hydrogen-bond donors (Lipinski definition) is 0. The third-order valence-electron chi connectivity index (χ3n) is 4.52. The van der Waals surface area contributed by atoms with E-state index in [1.807, 2.05) is 36.4 Å². The van der Waals surface area contributed by atoms with Gasteiger partial charge in [0, 0.05) is 37.1 Å². The second-order valence-corrected chi connectivity index (χ2v) is 7.16. The number of carbonyl (C=O) groups excluding carboxylic acids is 2. The fourth-order valence-corrected chi connectivity index (χ4v) is 4.17. The predicted octanol–water partition coefficient (Wildman–Crippen LogP) is 2.44. The zero-order valence-corrected chi connectivity index (χ0v) is 15.1. The molecule has 1 fully saturated rings. The number of carbonyl (C=O) groups is 2. The number of aromatic nitrogens is 1. The van der Waals surface area contributed by atoms with Gasteiger partial charge in [0.2, 0.25) is 5.91 Å². The zero-order chi connectivity index (χ0) is 17.9. The van der Waals surface area contributed by atoms with Crippen molar-refractivity contribution < 1.29 is 14.3 Å². The quantitative estimate of drug-likeness (QED) is 0.832. The Hall–Kier alpha value is -2.38. The fraction of sp³-hybridized carbons (Fsp3) is 0.316. The van der Waals surface area contributed by atoms with Crippen molar-refractivity contribution in [2.45, 2.75) is 16.3 Å². The van der Waals surface area contributed by atoms with E-state index in [0.717, 1.165) is 15.6 Å². The number of rotatable bonds is 3. The predicted molar refractivity (Wildman–Crippen MR) is 98.5 cm³/mol. The molecule has 26 heavy (non-hydrogen) atoms. The first-order chi connectivity index (χ1) is 12.7. The molecule has 2 aliphatic heterocycles. The van der Waals surface area contributed by atoms with Crippen molar-refractivity contribution >= 4 is 29.3 Å². The molecule has 134 valence electrons. The Bertz CT molecular complexity index is 836. The number of anilines is 1. The summed E-state index contributed by atoms with van der Waals surface area (Å²) >= 11 is 1.49. The molecule has 0 bridgehead atoms. The highest BCUT2D eigenvalue weighted by Gasteiger charge is 2.28. The number of amides is 2. The van der Waals surface area contributed by atoms with E-state index in [0.29, 0.717) is 38.4 Å². The number of nitrogens with zero attached hydrogens (tertiary/aromatic N) is 3. The van der Waals surface area contributed by atoms with E-state index in [4.69, 9.17) is 4.74 Å². The van der Waals surface area contributed by atoms with Gasteiger partial charge in [-0.1, -0.05) is 23.9 Å². The highest BCUT2D eigenvalue weighted by atomic mass is 32.2. The summed E-state index contributed by atoms with van der Waals surface area (Å²) in [4.78, 5) is 34.4. The van der Waals surface area contributed by atoms with Gasteiger partial charge in [-0.05, 0) is 24.3 Å². The molecule has 2 amide bonds. The Labute approximate surface area is 156 Å². The van der Waals surface area contributed by atoms with E-state index in [9.17, 15) is 9.59 Å². The Morgan fingerprint density at radius 1 is 1.15 bits per heavy atom. The lowest BCUT2D eigenvalue weighted by Crippen LogP contribution is -2.42. The average molecular weight is 369 g/mol. The highest BCUT2D eigenvalue weighted by Crippen LogP contribution is 2.39. The van der Waals surface area contributed by atoms with E-state index in [-0.39, 0.29) is 18.2 Å². The maximum absolute atomic E-state index is 13.1. The lowest BCUT2D eigenvalue weighted by atomic mass is 10.1. The van der Waals surface area contributed by atoms with Gasteiger partial charge >= 0.3 is 0 Å². The van der Waals surface area contributed by atoms with Gasteiger partial charge in [-0.15, -0.1) is 0 Å². The van der Waals surface area contributed by atoms with Crippen LogP contribution in [0, 0.1) is 0 Å². The minimum absolute atomic E-state index is 0.0525. The van der Waals surface area contributed by atoms with Crippen LogP contribution in [0.2, 0.25) is 0 Å². The normalized spacial score (nSPS) is 16.7. The van der Waals surface area contributed by atoms with E-state index in [2.05, 4.69) is 4.98 Å². The van der Waals surface area contributed by atoms with Crippen molar-refractivity contribution in [3.63, 3.8) is 0 Å². The Kier molecular flexibility index (Phi) is 4.90. The summed E-state index contributed by atoms with van der Waals surface area (Å²) in [5.74, 6) is -0.0358. The van der Waals surface area contributed by atoms with Crippen LogP contribution in [-0.4, -0.2) is 54.5 Å². The molecule has 2 aromatic rings. The molecule has 1 aromatic heterocycles. The van der Waals surface area contributed by atoms with Crippen LogP contribution in [0.15, 0.2) is 52.5 Å². The minimum Gasteiger partial charge on any atom is -0.378 e. The maximum Gasteiger partial charge on any atom is 0.259 e. The maximum atomic E-state index is 13.1. The van der Waals surface area contributed by atoms with Crippen LogP contribution >= 0.6 is 11.8 Å². The van der Waals surface area contributed by atoms with Crippen molar-refractivity contribution in [1.29, 1.82) is 0 Å². The van der Waals surface area contributed by atoms with Crippen LogP contribution in [0.1, 0.15) is 16.8 Å². The molecule has 2 aliphatic rings. The monoisotopic (exact) mass is 369 g/mol. The van der Waals surface area contributed by atoms with Crippen LogP contribution in [-0.2, 0) is 9.53 Å².